The Kier molecular flexibility index (Phi) is 5.76. The van der Waals surface area contributed by atoms with Gasteiger partial charge < -0.3 is 9.84 Å². The molecule has 1 fully saturated rings. The summed E-state index contributed by atoms with van der Waals surface area (Å²) < 4.78 is 5.23. The maximum atomic E-state index is 13.2. The van der Waals surface area contributed by atoms with Crippen molar-refractivity contribution in [3.05, 3.63) is 81.4 Å². The van der Waals surface area contributed by atoms with Crippen molar-refractivity contribution in [2.24, 2.45) is 5.41 Å². The van der Waals surface area contributed by atoms with Crippen LogP contribution in [0.4, 0.5) is 0 Å². The van der Waals surface area contributed by atoms with Gasteiger partial charge in [-0.25, -0.2) is 0 Å². The lowest BCUT2D eigenvalue weighted by Crippen LogP contribution is -2.45. The number of nitrogens with zero attached hydrogens (tertiary/aromatic N) is 1. The van der Waals surface area contributed by atoms with Gasteiger partial charge in [0.25, 0.3) is 6.04 Å². The monoisotopic (exact) mass is 411 g/mol. The van der Waals surface area contributed by atoms with Gasteiger partial charge in [-0.05, 0) is 31.9 Å². The number of ether oxygens (including phenoxy) is 1. The Bertz CT molecular complexity index is 957. The summed E-state index contributed by atoms with van der Waals surface area (Å²) in [6, 6.07) is 13.4. The van der Waals surface area contributed by atoms with Gasteiger partial charge in [-0.1, -0.05) is 60.2 Å². The third kappa shape index (κ3) is 3.29. The second-order valence-electron chi connectivity index (χ2n) is 7.83. The number of rotatable bonds is 6. The van der Waals surface area contributed by atoms with Gasteiger partial charge in [-0.3, -0.25) is 19.7 Å². The zero-order valence-corrected chi connectivity index (χ0v) is 17.2. The van der Waals surface area contributed by atoms with Crippen molar-refractivity contribution < 1.29 is 24.4 Å². The summed E-state index contributed by atoms with van der Waals surface area (Å²) in [5.41, 5.74) is -2.25. The number of Topliss-reactive ketones (excluding diaryl/α,β-unsaturated/α-hetero) is 1. The first-order chi connectivity index (χ1) is 14.2. The first kappa shape index (κ1) is 21.6. The van der Waals surface area contributed by atoms with Crippen molar-refractivity contribution in [3.63, 3.8) is 0 Å². The van der Waals surface area contributed by atoms with Crippen LogP contribution in [0, 0.1) is 22.5 Å². The summed E-state index contributed by atoms with van der Waals surface area (Å²) >= 11 is 0. The predicted molar refractivity (Wildman–Crippen MR) is 109 cm³/mol. The zero-order chi connectivity index (χ0) is 22.1. The lowest BCUT2D eigenvalue weighted by Gasteiger charge is -2.30. The average molecular weight is 411 g/mol. The molecule has 0 heterocycles. The molecule has 3 rings (SSSR count). The number of hydrogen-bond donors (Lipinski definition) is 1. The Hall–Kier alpha value is -3.06. The second-order valence-corrected chi connectivity index (χ2v) is 7.83. The van der Waals surface area contributed by atoms with E-state index in [0.717, 1.165) is 5.56 Å². The molecule has 158 valence electrons. The van der Waals surface area contributed by atoms with Gasteiger partial charge in [0, 0.05) is 11.3 Å². The molecular weight excluding hydrogens is 386 g/mol. The Labute approximate surface area is 174 Å². The molecule has 2 aromatic carbocycles. The molecule has 7 nitrogen and oxygen atoms in total. The van der Waals surface area contributed by atoms with Crippen molar-refractivity contribution in [2.45, 2.75) is 44.8 Å². The van der Waals surface area contributed by atoms with Gasteiger partial charge in [0.05, 0.1) is 12.5 Å². The molecular formula is C23H25NO6. The van der Waals surface area contributed by atoms with Crippen LogP contribution in [0.5, 0.6) is 0 Å². The van der Waals surface area contributed by atoms with Crippen molar-refractivity contribution >= 4 is 11.8 Å². The predicted octanol–water partition coefficient (Wildman–Crippen LogP) is 3.15. The summed E-state index contributed by atoms with van der Waals surface area (Å²) in [4.78, 5) is 37.9. The van der Waals surface area contributed by atoms with Gasteiger partial charge in [0.2, 0.25) is 0 Å². The molecule has 0 saturated heterocycles. The van der Waals surface area contributed by atoms with E-state index in [4.69, 9.17) is 4.74 Å². The number of carbonyl (C=O) groups is 2. The fourth-order valence-electron chi connectivity index (χ4n) is 4.67. The molecule has 7 heteroatoms. The SMILES string of the molecule is CCOC(=O)C1(C(C)=O)CC(O)(c2ccccc2)[C@@H]([N+](=O)[O-])[C@@H]1c1ccc(C)cc1. The van der Waals surface area contributed by atoms with Crippen LogP contribution in [0.25, 0.3) is 0 Å². The second kappa shape index (κ2) is 7.99. The molecule has 1 saturated carbocycles. The highest BCUT2D eigenvalue weighted by Gasteiger charge is 2.73. The molecule has 2 aromatic rings. The van der Waals surface area contributed by atoms with Gasteiger partial charge in [0.1, 0.15) is 11.2 Å². The topological polar surface area (TPSA) is 107 Å². The van der Waals surface area contributed by atoms with Crippen LogP contribution >= 0.6 is 0 Å². The molecule has 0 aliphatic heterocycles. The number of carbonyl (C=O) groups excluding carboxylic acids is 2. The number of ketones is 1. The minimum atomic E-state index is -2.03. The highest BCUT2D eigenvalue weighted by Crippen LogP contribution is 2.59. The molecule has 1 N–H and O–H groups in total. The maximum absolute atomic E-state index is 13.2. The molecule has 30 heavy (non-hydrogen) atoms. The van der Waals surface area contributed by atoms with Gasteiger partial charge >= 0.3 is 5.97 Å². The van der Waals surface area contributed by atoms with Crippen LogP contribution in [0.3, 0.4) is 0 Å². The minimum absolute atomic E-state index is 0.0153. The average Bonchev–Trinajstić information content (AvgIpc) is 3.01. The van der Waals surface area contributed by atoms with Gasteiger partial charge in [-0.2, -0.15) is 0 Å². The standard InChI is InChI=1S/C23H25NO6/c1-4-30-21(26)22(16(3)25)14-23(27,18-8-6-5-7-9-18)20(24(28)29)19(22)17-12-10-15(2)11-13-17/h5-13,19-20,27H,4,14H2,1-3H3/t19-,20-,22?,23?/m0/s1. The minimum Gasteiger partial charge on any atom is -0.465 e. The zero-order valence-electron chi connectivity index (χ0n) is 17.2. The van der Waals surface area contributed by atoms with E-state index < -0.39 is 46.1 Å². The summed E-state index contributed by atoms with van der Waals surface area (Å²) in [5.74, 6) is -2.60. The van der Waals surface area contributed by atoms with Crippen LogP contribution in [-0.4, -0.2) is 34.4 Å². The molecule has 2 unspecified atom stereocenters. The summed E-state index contributed by atoms with van der Waals surface area (Å²) in [5, 5.41) is 24.0. The molecule has 4 atom stereocenters. The quantitative estimate of drug-likeness (QED) is 0.339. The lowest BCUT2D eigenvalue weighted by molar-refractivity contribution is -0.547. The van der Waals surface area contributed by atoms with Crippen LogP contribution in [-0.2, 0) is 19.9 Å². The Balaban J connectivity index is 2.33. The number of aliphatic hydroxyl groups is 1. The Morgan fingerprint density at radius 1 is 1.17 bits per heavy atom. The van der Waals surface area contributed by atoms with Gasteiger partial charge in [-0.15, -0.1) is 0 Å². The third-order valence-electron chi connectivity index (χ3n) is 6.09. The van der Waals surface area contributed by atoms with Crippen LogP contribution in [0.15, 0.2) is 54.6 Å². The van der Waals surface area contributed by atoms with E-state index in [-0.39, 0.29) is 12.2 Å². The van der Waals surface area contributed by atoms with E-state index in [0.29, 0.717) is 5.56 Å². The Morgan fingerprint density at radius 3 is 2.27 bits per heavy atom. The lowest BCUT2D eigenvalue weighted by atomic mass is 9.70. The third-order valence-corrected chi connectivity index (χ3v) is 6.09. The fraction of sp³-hybridized carbons (Fsp3) is 0.391. The summed E-state index contributed by atoms with van der Waals surface area (Å²) in [6.45, 7) is 4.72. The highest BCUT2D eigenvalue weighted by atomic mass is 16.6. The largest absolute Gasteiger partial charge is 0.465 e. The van der Waals surface area contributed by atoms with Crippen LogP contribution in [0.1, 0.15) is 42.9 Å². The normalized spacial score (nSPS) is 28.1. The van der Waals surface area contributed by atoms with Gasteiger partial charge in [0.15, 0.2) is 5.60 Å². The number of esters is 1. The number of benzene rings is 2. The molecule has 0 bridgehead atoms. The van der Waals surface area contributed by atoms with E-state index in [2.05, 4.69) is 0 Å². The smallest absolute Gasteiger partial charge is 0.320 e. The van der Waals surface area contributed by atoms with Crippen LogP contribution < -0.4 is 0 Å². The van der Waals surface area contributed by atoms with E-state index in [1.807, 2.05) is 6.92 Å². The summed E-state index contributed by atoms with van der Waals surface area (Å²) in [6.07, 6.45) is -0.428. The van der Waals surface area contributed by atoms with E-state index >= 15 is 0 Å². The number of hydrogen-bond acceptors (Lipinski definition) is 6. The van der Waals surface area contributed by atoms with E-state index in [1.54, 1.807) is 61.5 Å². The molecule has 0 amide bonds. The van der Waals surface area contributed by atoms with Crippen LogP contribution in [0.2, 0.25) is 0 Å². The van der Waals surface area contributed by atoms with E-state index in [9.17, 15) is 24.8 Å². The fourth-order valence-corrected chi connectivity index (χ4v) is 4.67. The molecule has 0 spiro atoms. The van der Waals surface area contributed by atoms with Crippen molar-refractivity contribution in [3.8, 4) is 0 Å². The summed E-state index contributed by atoms with van der Waals surface area (Å²) in [7, 11) is 0. The number of nitro groups is 1. The Morgan fingerprint density at radius 2 is 1.77 bits per heavy atom. The van der Waals surface area contributed by atoms with Crippen molar-refractivity contribution in [1.29, 1.82) is 0 Å². The molecule has 1 aliphatic carbocycles. The highest BCUT2D eigenvalue weighted by molar-refractivity contribution is 6.04. The first-order valence-corrected chi connectivity index (χ1v) is 9.84. The number of aryl methyl sites for hydroxylation is 1. The van der Waals surface area contributed by atoms with Crippen molar-refractivity contribution in [1.82, 2.24) is 0 Å². The molecule has 1 aliphatic rings. The maximum Gasteiger partial charge on any atom is 0.320 e. The van der Waals surface area contributed by atoms with Crippen molar-refractivity contribution in [2.75, 3.05) is 6.61 Å². The first-order valence-electron chi connectivity index (χ1n) is 9.84. The molecule has 0 radical (unpaired) electrons. The molecule has 0 aromatic heterocycles. The van der Waals surface area contributed by atoms with E-state index in [1.165, 1.54) is 6.92 Å².